The monoisotopic (exact) mass is 793 g/mol. The van der Waals surface area contributed by atoms with E-state index in [0.29, 0.717) is 31.6 Å². The Balaban J connectivity index is 1.86. The lowest BCUT2D eigenvalue weighted by Crippen LogP contribution is -2.61. The van der Waals surface area contributed by atoms with Crippen molar-refractivity contribution in [2.45, 2.75) is 109 Å². The molecule has 6 atom stereocenters. The van der Waals surface area contributed by atoms with Crippen LogP contribution in [0.5, 0.6) is 0 Å². The van der Waals surface area contributed by atoms with Crippen molar-refractivity contribution in [3.63, 3.8) is 0 Å². The zero-order chi connectivity index (χ0) is 41.4. The Morgan fingerprint density at radius 1 is 0.714 bits per heavy atom. The second-order valence-corrected chi connectivity index (χ2v) is 16.0. The van der Waals surface area contributed by atoms with Gasteiger partial charge in [0, 0.05) is 26.3 Å². The SMILES string of the molecule is CSCC[C@H](NC(=O)[C@H](CC(C)C)NC(=O)[C@H](Cc1ccccc1)NC(=O)[C@@H](NC(=O)[C@H](Cc1ccccc1)NC(=O)[C@@H]1CCCN1C(C)=O)C(C)C)C(N)=O. The second-order valence-electron chi connectivity index (χ2n) is 15.0. The van der Waals surface area contributed by atoms with E-state index in [0.717, 1.165) is 11.1 Å². The number of thioether (sulfide) groups is 1. The van der Waals surface area contributed by atoms with Crippen molar-refractivity contribution in [3.05, 3.63) is 71.8 Å². The Kier molecular flexibility index (Phi) is 18.3. The minimum atomic E-state index is -1.16. The van der Waals surface area contributed by atoms with Gasteiger partial charge in [0.05, 0.1) is 0 Å². The highest BCUT2D eigenvalue weighted by Crippen LogP contribution is 2.18. The first-order chi connectivity index (χ1) is 26.6. The number of nitrogens with zero attached hydrogens (tertiary/aromatic N) is 1. The molecule has 0 aliphatic carbocycles. The van der Waals surface area contributed by atoms with Gasteiger partial charge in [0.1, 0.15) is 36.3 Å². The van der Waals surface area contributed by atoms with Crippen LogP contribution in [0.3, 0.4) is 0 Å². The molecule has 0 unspecified atom stereocenters. The minimum absolute atomic E-state index is 0.0181. The molecule has 2 aromatic rings. The van der Waals surface area contributed by atoms with Crippen molar-refractivity contribution < 1.29 is 33.6 Å². The topological polar surface area (TPSA) is 209 Å². The Hall–Kier alpha value is -4.92. The second kappa shape index (κ2) is 22.6. The van der Waals surface area contributed by atoms with E-state index in [1.54, 1.807) is 26.0 Å². The minimum Gasteiger partial charge on any atom is -0.368 e. The summed E-state index contributed by atoms with van der Waals surface area (Å²) >= 11 is 1.51. The van der Waals surface area contributed by atoms with E-state index < -0.39 is 77.6 Å². The van der Waals surface area contributed by atoms with Crippen molar-refractivity contribution in [2.24, 2.45) is 17.6 Å². The molecule has 306 valence electrons. The molecule has 56 heavy (non-hydrogen) atoms. The molecule has 7 amide bonds. The molecule has 0 spiro atoms. The molecule has 0 radical (unpaired) electrons. The van der Waals surface area contributed by atoms with Crippen molar-refractivity contribution in [2.75, 3.05) is 18.6 Å². The average Bonchev–Trinajstić information content (AvgIpc) is 3.66. The molecule has 1 aliphatic rings. The predicted molar refractivity (Wildman–Crippen MR) is 217 cm³/mol. The van der Waals surface area contributed by atoms with Crippen molar-refractivity contribution in [1.82, 2.24) is 31.5 Å². The Bertz CT molecular complexity index is 1640. The molecule has 2 aromatic carbocycles. The maximum atomic E-state index is 14.1. The summed E-state index contributed by atoms with van der Waals surface area (Å²) in [6.07, 6.45) is 3.79. The number of nitrogens with two attached hydrogens (primary N) is 1. The molecule has 7 N–H and O–H groups in total. The highest BCUT2D eigenvalue weighted by molar-refractivity contribution is 7.98. The van der Waals surface area contributed by atoms with Gasteiger partial charge in [-0.3, -0.25) is 33.6 Å². The van der Waals surface area contributed by atoms with E-state index in [1.165, 1.54) is 23.6 Å². The molecule has 1 saturated heterocycles. The number of carbonyl (C=O) groups excluding carboxylic acids is 7. The van der Waals surface area contributed by atoms with Crippen LogP contribution >= 0.6 is 11.8 Å². The summed E-state index contributed by atoms with van der Waals surface area (Å²) in [5.41, 5.74) is 7.09. The molecule has 14 nitrogen and oxygen atoms in total. The largest absolute Gasteiger partial charge is 0.368 e. The molecular weight excluding hydrogens is 735 g/mol. The van der Waals surface area contributed by atoms with Crippen LogP contribution < -0.4 is 32.3 Å². The van der Waals surface area contributed by atoms with Gasteiger partial charge in [0.2, 0.25) is 41.4 Å². The van der Waals surface area contributed by atoms with Gasteiger partial charge in [0.25, 0.3) is 0 Å². The highest BCUT2D eigenvalue weighted by atomic mass is 32.2. The zero-order valence-electron chi connectivity index (χ0n) is 33.3. The summed E-state index contributed by atoms with van der Waals surface area (Å²) in [6, 6.07) is 12.2. The normalized spacial score (nSPS) is 16.6. The van der Waals surface area contributed by atoms with Crippen LogP contribution in [0, 0.1) is 11.8 Å². The van der Waals surface area contributed by atoms with Crippen molar-refractivity contribution >= 4 is 53.1 Å². The molecule has 0 bridgehead atoms. The first-order valence-electron chi connectivity index (χ1n) is 19.3. The van der Waals surface area contributed by atoms with E-state index in [9.17, 15) is 33.6 Å². The van der Waals surface area contributed by atoms with Crippen LogP contribution in [0.4, 0.5) is 0 Å². The molecule has 1 fully saturated rings. The maximum Gasteiger partial charge on any atom is 0.243 e. The van der Waals surface area contributed by atoms with Gasteiger partial charge in [-0.25, -0.2) is 0 Å². The number of nitrogens with one attached hydrogen (secondary N) is 5. The van der Waals surface area contributed by atoms with Gasteiger partial charge in [0.15, 0.2) is 0 Å². The number of likely N-dealkylation sites (tertiary alicyclic amines) is 1. The lowest BCUT2D eigenvalue weighted by molar-refractivity contribution is -0.138. The zero-order valence-corrected chi connectivity index (χ0v) is 34.2. The molecule has 1 heterocycles. The van der Waals surface area contributed by atoms with Crippen LogP contribution in [-0.4, -0.2) is 101 Å². The van der Waals surface area contributed by atoms with Gasteiger partial charge < -0.3 is 37.2 Å². The standard InChI is InChI=1S/C41H59N7O7S/c1-25(2)22-31(37(51)43-30(36(42)50)19-21-56-6)44-38(52)32(23-28-14-9-7-10-15-28)46-41(55)35(26(3)4)47-39(53)33(24-29-16-11-8-12-17-29)45-40(54)34-18-13-20-48(34)27(5)49/h7-12,14-17,25-26,30-35H,13,18-24H2,1-6H3,(H2,42,50)(H,43,51)(H,44,52)(H,45,54)(H,46,55)(H,47,53)/t30-,31-,32-,33-,34-,35-/m0/s1. The Morgan fingerprint density at radius 3 is 1.71 bits per heavy atom. The Labute approximate surface area is 334 Å². The van der Waals surface area contributed by atoms with Crippen LogP contribution in [0.2, 0.25) is 0 Å². The number of amides is 7. The number of primary amides is 1. The first kappa shape index (κ1) is 45.5. The predicted octanol–water partition coefficient (Wildman–Crippen LogP) is 1.85. The quantitative estimate of drug-likeness (QED) is 0.110. The van der Waals surface area contributed by atoms with Gasteiger partial charge in [-0.2, -0.15) is 11.8 Å². The lowest BCUT2D eigenvalue weighted by Gasteiger charge is -2.29. The average molecular weight is 794 g/mol. The third-order valence-electron chi connectivity index (χ3n) is 9.65. The number of hydrogen-bond donors (Lipinski definition) is 6. The van der Waals surface area contributed by atoms with E-state index in [4.69, 9.17) is 5.73 Å². The molecular formula is C41H59N7O7S. The van der Waals surface area contributed by atoms with Crippen molar-refractivity contribution in [1.29, 1.82) is 0 Å². The third kappa shape index (κ3) is 14.3. The van der Waals surface area contributed by atoms with Crippen molar-refractivity contribution in [3.8, 4) is 0 Å². The summed E-state index contributed by atoms with van der Waals surface area (Å²) in [5.74, 6) is -3.67. The highest BCUT2D eigenvalue weighted by Gasteiger charge is 2.37. The van der Waals surface area contributed by atoms with E-state index in [-0.39, 0.29) is 31.1 Å². The van der Waals surface area contributed by atoms with Crippen LogP contribution in [-0.2, 0) is 46.4 Å². The third-order valence-corrected chi connectivity index (χ3v) is 10.3. The van der Waals surface area contributed by atoms with Crippen LogP contribution in [0.25, 0.3) is 0 Å². The number of hydrogen-bond acceptors (Lipinski definition) is 8. The Morgan fingerprint density at radius 2 is 1.21 bits per heavy atom. The molecule has 15 heteroatoms. The summed E-state index contributed by atoms with van der Waals surface area (Å²) in [4.78, 5) is 95.0. The summed E-state index contributed by atoms with van der Waals surface area (Å²) in [6.45, 7) is 9.14. The van der Waals surface area contributed by atoms with Gasteiger partial charge in [-0.15, -0.1) is 0 Å². The van der Waals surface area contributed by atoms with E-state index in [2.05, 4.69) is 26.6 Å². The molecule has 3 rings (SSSR count). The maximum absolute atomic E-state index is 14.1. The van der Waals surface area contributed by atoms with E-state index in [1.807, 2.05) is 68.6 Å². The molecule has 0 saturated carbocycles. The number of rotatable bonds is 21. The fraction of sp³-hybridized carbons (Fsp3) is 0.537. The summed E-state index contributed by atoms with van der Waals surface area (Å²) in [5, 5.41) is 14.0. The van der Waals surface area contributed by atoms with Crippen LogP contribution in [0.1, 0.15) is 71.4 Å². The fourth-order valence-corrected chi connectivity index (χ4v) is 7.09. The number of benzene rings is 2. The fourth-order valence-electron chi connectivity index (χ4n) is 6.62. The smallest absolute Gasteiger partial charge is 0.243 e. The molecule has 1 aliphatic heterocycles. The van der Waals surface area contributed by atoms with Gasteiger partial charge >= 0.3 is 0 Å². The molecule has 0 aromatic heterocycles. The van der Waals surface area contributed by atoms with Gasteiger partial charge in [-0.05, 0) is 60.7 Å². The summed E-state index contributed by atoms with van der Waals surface area (Å²) < 4.78 is 0. The van der Waals surface area contributed by atoms with E-state index >= 15 is 0 Å². The van der Waals surface area contributed by atoms with Crippen LogP contribution in [0.15, 0.2) is 60.7 Å². The summed E-state index contributed by atoms with van der Waals surface area (Å²) in [7, 11) is 0. The first-order valence-corrected chi connectivity index (χ1v) is 20.7. The lowest BCUT2D eigenvalue weighted by atomic mass is 9.98. The number of carbonyl (C=O) groups is 7. The van der Waals surface area contributed by atoms with Gasteiger partial charge in [-0.1, -0.05) is 88.4 Å².